The molecule has 1 unspecified atom stereocenters. The molecule has 0 saturated heterocycles. The molecule has 2 rings (SSSR count). The molecule has 1 atom stereocenters. The van der Waals surface area contributed by atoms with Crippen molar-refractivity contribution in [1.82, 2.24) is 9.78 Å². The Hall–Kier alpha value is -1.52. The third-order valence-corrected chi connectivity index (χ3v) is 2.36. The summed E-state index contributed by atoms with van der Waals surface area (Å²) in [5, 5.41) is 10.4. The SMILES string of the molecule is Cc1nn(C)c2c1NC(=O)CC(C)N2. The second-order valence-electron chi connectivity index (χ2n) is 3.73. The Morgan fingerprint density at radius 1 is 1.57 bits per heavy atom. The highest BCUT2D eigenvalue weighted by Gasteiger charge is 2.22. The fraction of sp³-hybridized carbons (Fsp3) is 0.556. The van der Waals surface area contributed by atoms with Crippen LogP contribution >= 0.6 is 0 Å². The Kier molecular flexibility index (Phi) is 1.94. The van der Waals surface area contributed by atoms with Crippen LogP contribution in [0.3, 0.4) is 0 Å². The minimum Gasteiger partial charge on any atom is -0.366 e. The summed E-state index contributed by atoms with van der Waals surface area (Å²) >= 11 is 0. The van der Waals surface area contributed by atoms with Gasteiger partial charge in [0.15, 0.2) is 0 Å². The van der Waals surface area contributed by atoms with E-state index in [1.165, 1.54) is 0 Å². The van der Waals surface area contributed by atoms with Gasteiger partial charge in [0.25, 0.3) is 0 Å². The highest BCUT2D eigenvalue weighted by molar-refractivity contribution is 5.96. The lowest BCUT2D eigenvalue weighted by Crippen LogP contribution is -2.20. The van der Waals surface area contributed by atoms with Crippen molar-refractivity contribution in [2.24, 2.45) is 7.05 Å². The number of nitrogens with one attached hydrogen (secondary N) is 2. The molecular weight excluding hydrogens is 180 g/mol. The molecule has 1 aromatic rings. The molecule has 0 radical (unpaired) electrons. The van der Waals surface area contributed by atoms with Crippen LogP contribution in [-0.4, -0.2) is 21.7 Å². The summed E-state index contributed by atoms with van der Waals surface area (Å²) in [6.45, 7) is 3.87. The Labute approximate surface area is 82.5 Å². The Morgan fingerprint density at radius 3 is 3.00 bits per heavy atom. The molecule has 2 heterocycles. The summed E-state index contributed by atoms with van der Waals surface area (Å²) in [6.07, 6.45) is 0.494. The number of hydrogen-bond acceptors (Lipinski definition) is 3. The quantitative estimate of drug-likeness (QED) is 0.644. The van der Waals surface area contributed by atoms with Crippen molar-refractivity contribution in [3.8, 4) is 0 Å². The number of carbonyl (C=O) groups is 1. The van der Waals surface area contributed by atoms with E-state index in [-0.39, 0.29) is 11.9 Å². The van der Waals surface area contributed by atoms with E-state index >= 15 is 0 Å². The molecule has 0 fully saturated rings. The van der Waals surface area contributed by atoms with E-state index < -0.39 is 0 Å². The molecule has 1 aliphatic heterocycles. The van der Waals surface area contributed by atoms with Crippen molar-refractivity contribution in [3.05, 3.63) is 5.69 Å². The first kappa shape index (κ1) is 9.05. The van der Waals surface area contributed by atoms with Gasteiger partial charge in [0.1, 0.15) is 11.5 Å². The summed E-state index contributed by atoms with van der Waals surface area (Å²) in [4.78, 5) is 11.4. The number of carbonyl (C=O) groups excluding carboxylic acids is 1. The van der Waals surface area contributed by atoms with E-state index in [0.29, 0.717) is 6.42 Å². The number of anilines is 2. The van der Waals surface area contributed by atoms with Crippen LogP contribution in [0.25, 0.3) is 0 Å². The van der Waals surface area contributed by atoms with Gasteiger partial charge in [0, 0.05) is 19.5 Å². The first-order valence-corrected chi connectivity index (χ1v) is 4.68. The maximum absolute atomic E-state index is 11.4. The van der Waals surface area contributed by atoms with E-state index in [4.69, 9.17) is 0 Å². The van der Waals surface area contributed by atoms with Crippen molar-refractivity contribution < 1.29 is 4.79 Å². The molecule has 2 N–H and O–H groups in total. The highest BCUT2D eigenvalue weighted by atomic mass is 16.1. The normalized spacial score (nSPS) is 20.8. The standard InChI is InChI=1S/C9H14N4O/c1-5-4-7(14)11-8-6(2)12-13(3)9(8)10-5/h5,10H,4H2,1-3H3,(H,11,14). The number of nitrogens with zero attached hydrogens (tertiary/aromatic N) is 2. The molecule has 5 nitrogen and oxygen atoms in total. The maximum atomic E-state index is 11.4. The lowest BCUT2D eigenvalue weighted by atomic mass is 10.2. The minimum absolute atomic E-state index is 0.0415. The van der Waals surface area contributed by atoms with Crippen LogP contribution in [0.1, 0.15) is 19.0 Å². The van der Waals surface area contributed by atoms with Crippen molar-refractivity contribution in [3.63, 3.8) is 0 Å². The Balaban J connectivity index is 2.47. The summed E-state index contributed by atoms with van der Waals surface area (Å²) in [5.74, 6) is 0.931. The molecule has 0 saturated carbocycles. The molecule has 1 aromatic heterocycles. The fourth-order valence-electron chi connectivity index (χ4n) is 1.73. The Morgan fingerprint density at radius 2 is 2.29 bits per heavy atom. The van der Waals surface area contributed by atoms with Crippen molar-refractivity contribution >= 4 is 17.4 Å². The topological polar surface area (TPSA) is 59.0 Å². The zero-order valence-corrected chi connectivity index (χ0v) is 8.59. The average Bonchev–Trinajstić information content (AvgIpc) is 2.30. The first-order valence-electron chi connectivity index (χ1n) is 4.68. The van der Waals surface area contributed by atoms with E-state index in [2.05, 4.69) is 15.7 Å². The van der Waals surface area contributed by atoms with Gasteiger partial charge in [-0.3, -0.25) is 9.48 Å². The van der Waals surface area contributed by atoms with E-state index in [1.54, 1.807) is 4.68 Å². The van der Waals surface area contributed by atoms with Gasteiger partial charge in [-0.2, -0.15) is 5.10 Å². The summed E-state index contributed by atoms with van der Waals surface area (Å²) < 4.78 is 1.76. The van der Waals surface area contributed by atoms with Crippen LogP contribution in [0.15, 0.2) is 0 Å². The number of fused-ring (bicyclic) bond motifs is 1. The van der Waals surface area contributed by atoms with Crippen LogP contribution in [-0.2, 0) is 11.8 Å². The minimum atomic E-state index is 0.0415. The van der Waals surface area contributed by atoms with Gasteiger partial charge in [0.2, 0.25) is 5.91 Å². The number of rotatable bonds is 0. The monoisotopic (exact) mass is 194 g/mol. The third kappa shape index (κ3) is 1.34. The van der Waals surface area contributed by atoms with Gasteiger partial charge in [-0.25, -0.2) is 0 Å². The summed E-state index contributed by atoms with van der Waals surface area (Å²) in [5.41, 5.74) is 1.65. The zero-order valence-electron chi connectivity index (χ0n) is 8.59. The fourth-order valence-corrected chi connectivity index (χ4v) is 1.73. The lowest BCUT2D eigenvalue weighted by Gasteiger charge is -2.10. The largest absolute Gasteiger partial charge is 0.366 e. The van der Waals surface area contributed by atoms with Gasteiger partial charge in [0.05, 0.1) is 5.69 Å². The lowest BCUT2D eigenvalue weighted by molar-refractivity contribution is -0.116. The van der Waals surface area contributed by atoms with Gasteiger partial charge in [-0.15, -0.1) is 0 Å². The Bertz CT molecular complexity index is 382. The highest BCUT2D eigenvalue weighted by Crippen LogP contribution is 2.28. The predicted molar refractivity (Wildman–Crippen MR) is 54.3 cm³/mol. The van der Waals surface area contributed by atoms with Crippen molar-refractivity contribution in [2.45, 2.75) is 26.3 Å². The second-order valence-corrected chi connectivity index (χ2v) is 3.73. The number of aromatic nitrogens is 2. The van der Waals surface area contributed by atoms with Gasteiger partial charge in [-0.1, -0.05) is 0 Å². The molecule has 14 heavy (non-hydrogen) atoms. The third-order valence-electron chi connectivity index (χ3n) is 2.36. The molecule has 76 valence electrons. The van der Waals surface area contributed by atoms with Crippen LogP contribution in [0.5, 0.6) is 0 Å². The zero-order chi connectivity index (χ0) is 10.3. The van der Waals surface area contributed by atoms with Crippen LogP contribution in [0.2, 0.25) is 0 Å². The van der Waals surface area contributed by atoms with Crippen molar-refractivity contribution in [2.75, 3.05) is 10.6 Å². The van der Waals surface area contributed by atoms with Gasteiger partial charge in [-0.05, 0) is 13.8 Å². The van der Waals surface area contributed by atoms with E-state index in [9.17, 15) is 4.79 Å². The first-order chi connectivity index (χ1) is 6.58. The van der Waals surface area contributed by atoms with Crippen molar-refractivity contribution in [1.29, 1.82) is 0 Å². The van der Waals surface area contributed by atoms with Crippen LogP contribution in [0.4, 0.5) is 11.5 Å². The number of hydrogen-bond donors (Lipinski definition) is 2. The number of aryl methyl sites for hydroxylation is 2. The van der Waals surface area contributed by atoms with E-state index in [0.717, 1.165) is 17.2 Å². The molecular formula is C9H14N4O. The maximum Gasteiger partial charge on any atom is 0.226 e. The molecule has 1 aliphatic rings. The van der Waals surface area contributed by atoms with E-state index in [1.807, 2.05) is 20.9 Å². The predicted octanol–water partition coefficient (Wildman–Crippen LogP) is 0.871. The average molecular weight is 194 g/mol. The molecule has 1 amide bonds. The molecule has 0 aliphatic carbocycles. The molecule has 0 aromatic carbocycles. The molecule has 0 bridgehead atoms. The molecule has 0 spiro atoms. The molecule has 5 heteroatoms. The summed E-state index contributed by atoms with van der Waals surface area (Å²) in [7, 11) is 1.86. The smallest absolute Gasteiger partial charge is 0.226 e. The second kappa shape index (κ2) is 3.01. The van der Waals surface area contributed by atoms with Crippen LogP contribution < -0.4 is 10.6 Å². The summed E-state index contributed by atoms with van der Waals surface area (Å²) in [6, 6.07) is 0.144. The van der Waals surface area contributed by atoms with Crippen LogP contribution in [0, 0.1) is 6.92 Å². The van der Waals surface area contributed by atoms with Gasteiger partial charge >= 0.3 is 0 Å². The number of amides is 1. The van der Waals surface area contributed by atoms with Gasteiger partial charge < -0.3 is 10.6 Å².